The molecule has 0 aliphatic heterocycles. The van der Waals surface area contributed by atoms with Gasteiger partial charge >= 0.3 is 0 Å². The van der Waals surface area contributed by atoms with Crippen molar-refractivity contribution in [2.45, 2.75) is 0 Å². The second kappa shape index (κ2) is 10.2. The quantitative estimate of drug-likeness (QED) is 0.598. The number of rotatable bonds is 10. The summed E-state index contributed by atoms with van der Waals surface area (Å²) in [6, 6.07) is 19.8. The van der Waals surface area contributed by atoms with Crippen molar-refractivity contribution in [2.24, 2.45) is 0 Å². The van der Waals surface area contributed by atoms with Crippen molar-refractivity contribution in [3.05, 3.63) is 60.7 Å². The van der Waals surface area contributed by atoms with E-state index in [9.17, 15) is 0 Å². The fraction of sp³-hybridized carbons (Fsp3) is 0.333. The number of halogens is 1. The molecule has 0 amide bonds. The van der Waals surface area contributed by atoms with Crippen molar-refractivity contribution in [3.63, 3.8) is 0 Å². The highest BCUT2D eigenvalue weighted by Gasteiger charge is 2.05. The fourth-order valence-electron chi connectivity index (χ4n) is 2.07. The summed E-state index contributed by atoms with van der Waals surface area (Å²) in [6.07, 6.45) is 0. The third kappa shape index (κ3) is 6.50. The number of ether oxygens (including phenoxy) is 2. The largest absolute Gasteiger partial charge is 0.492 e. The van der Waals surface area contributed by atoms with Crippen molar-refractivity contribution in [1.82, 2.24) is 4.90 Å². The first-order valence-electron chi connectivity index (χ1n) is 7.52. The lowest BCUT2D eigenvalue weighted by Crippen LogP contribution is -2.33. The minimum Gasteiger partial charge on any atom is -0.492 e. The predicted octanol–water partition coefficient (Wildman–Crippen LogP) is 3.84. The number of hydrogen-bond donors (Lipinski definition) is 0. The second-order valence-electron chi connectivity index (χ2n) is 4.85. The molecule has 0 fully saturated rings. The van der Waals surface area contributed by atoms with Crippen molar-refractivity contribution in [1.29, 1.82) is 0 Å². The minimum atomic E-state index is 0.683. The molecule has 0 atom stereocenters. The summed E-state index contributed by atoms with van der Waals surface area (Å²) in [5.41, 5.74) is 0. The molecule has 0 aromatic heterocycles. The number of nitrogens with zero attached hydrogens (tertiary/aromatic N) is 1. The minimum absolute atomic E-state index is 0.683. The van der Waals surface area contributed by atoms with E-state index in [1.165, 1.54) is 0 Å². The molecule has 22 heavy (non-hydrogen) atoms. The second-order valence-corrected chi connectivity index (χ2v) is 5.65. The van der Waals surface area contributed by atoms with Crippen LogP contribution >= 0.6 is 15.9 Å². The summed E-state index contributed by atoms with van der Waals surface area (Å²) < 4.78 is 11.5. The predicted molar refractivity (Wildman–Crippen MR) is 94.1 cm³/mol. The molecule has 0 radical (unpaired) electrons. The molecular weight excluding hydrogens is 342 g/mol. The van der Waals surface area contributed by atoms with Gasteiger partial charge < -0.3 is 9.47 Å². The highest BCUT2D eigenvalue weighted by Crippen LogP contribution is 2.09. The van der Waals surface area contributed by atoms with Crippen LogP contribution in [0.5, 0.6) is 11.5 Å². The van der Waals surface area contributed by atoms with Gasteiger partial charge in [-0.2, -0.15) is 0 Å². The molecular formula is C18H22BrNO2. The molecule has 0 spiro atoms. The lowest BCUT2D eigenvalue weighted by Gasteiger charge is -2.21. The van der Waals surface area contributed by atoms with E-state index in [-0.39, 0.29) is 0 Å². The van der Waals surface area contributed by atoms with Crippen molar-refractivity contribution in [2.75, 3.05) is 38.2 Å². The maximum absolute atomic E-state index is 5.75. The van der Waals surface area contributed by atoms with Crippen LogP contribution in [0.3, 0.4) is 0 Å². The van der Waals surface area contributed by atoms with Gasteiger partial charge in [0.15, 0.2) is 0 Å². The van der Waals surface area contributed by atoms with Gasteiger partial charge in [0.2, 0.25) is 0 Å². The molecule has 0 heterocycles. The Balaban J connectivity index is 1.68. The van der Waals surface area contributed by atoms with E-state index in [4.69, 9.17) is 9.47 Å². The van der Waals surface area contributed by atoms with Gasteiger partial charge in [-0.3, -0.25) is 4.90 Å². The van der Waals surface area contributed by atoms with Crippen LogP contribution in [0.2, 0.25) is 0 Å². The molecule has 4 heteroatoms. The number of benzene rings is 2. The zero-order valence-electron chi connectivity index (χ0n) is 12.7. The summed E-state index contributed by atoms with van der Waals surface area (Å²) in [6.45, 7) is 4.12. The SMILES string of the molecule is BrCCN(CCOc1ccccc1)CCOc1ccccc1. The summed E-state index contributed by atoms with van der Waals surface area (Å²) in [5, 5.41) is 0.948. The zero-order chi connectivity index (χ0) is 15.5. The molecule has 2 aromatic carbocycles. The van der Waals surface area contributed by atoms with Gasteiger partial charge in [-0.25, -0.2) is 0 Å². The first-order valence-corrected chi connectivity index (χ1v) is 8.64. The lowest BCUT2D eigenvalue weighted by atomic mass is 10.3. The Hall–Kier alpha value is -1.52. The third-order valence-corrected chi connectivity index (χ3v) is 3.59. The van der Waals surface area contributed by atoms with Gasteiger partial charge in [0.1, 0.15) is 24.7 Å². The first kappa shape index (κ1) is 16.8. The Bertz CT molecular complexity index is 462. The van der Waals surface area contributed by atoms with Crippen molar-refractivity contribution >= 4 is 15.9 Å². The zero-order valence-corrected chi connectivity index (χ0v) is 14.2. The number of para-hydroxylation sites is 2. The average Bonchev–Trinajstić information content (AvgIpc) is 2.57. The van der Waals surface area contributed by atoms with E-state index in [0.717, 1.165) is 36.5 Å². The van der Waals surface area contributed by atoms with E-state index < -0.39 is 0 Å². The first-order chi connectivity index (χ1) is 10.9. The highest BCUT2D eigenvalue weighted by atomic mass is 79.9. The van der Waals surface area contributed by atoms with Crippen LogP contribution in [0.15, 0.2) is 60.7 Å². The maximum Gasteiger partial charge on any atom is 0.119 e. The molecule has 0 saturated carbocycles. The molecule has 118 valence electrons. The van der Waals surface area contributed by atoms with Gasteiger partial charge in [0, 0.05) is 25.0 Å². The Morgan fingerprint density at radius 1 is 0.682 bits per heavy atom. The monoisotopic (exact) mass is 363 g/mol. The molecule has 0 N–H and O–H groups in total. The van der Waals surface area contributed by atoms with Crippen LogP contribution < -0.4 is 9.47 Å². The Morgan fingerprint density at radius 3 is 1.55 bits per heavy atom. The van der Waals surface area contributed by atoms with Crippen LogP contribution in [-0.2, 0) is 0 Å². The molecule has 2 rings (SSSR count). The van der Waals surface area contributed by atoms with Crippen molar-refractivity contribution < 1.29 is 9.47 Å². The van der Waals surface area contributed by atoms with E-state index in [0.29, 0.717) is 13.2 Å². The van der Waals surface area contributed by atoms with E-state index in [2.05, 4.69) is 20.8 Å². The van der Waals surface area contributed by atoms with Crippen LogP contribution in [0.1, 0.15) is 0 Å². The topological polar surface area (TPSA) is 21.7 Å². The highest BCUT2D eigenvalue weighted by molar-refractivity contribution is 9.09. The Morgan fingerprint density at radius 2 is 1.14 bits per heavy atom. The Kier molecular flexibility index (Phi) is 7.85. The van der Waals surface area contributed by atoms with Crippen LogP contribution in [-0.4, -0.2) is 43.1 Å². The van der Waals surface area contributed by atoms with Gasteiger partial charge in [0.05, 0.1) is 0 Å². The summed E-state index contributed by atoms with van der Waals surface area (Å²) in [5.74, 6) is 1.84. The molecule has 0 unspecified atom stereocenters. The Labute approximate surface area is 141 Å². The number of alkyl halides is 1. The average molecular weight is 364 g/mol. The van der Waals surface area contributed by atoms with Crippen LogP contribution in [0.25, 0.3) is 0 Å². The van der Waals surface area contributed by atoms with Gasteiger partial charge in [0.25, 0.3) is 0 Å². The van der Waals surface area contributed by atoms with Gasteiger partial charge in [-0.05, 0) is 24.3 Å². The number of hydrogen-bond acceptors (Lipinski definition) is 3. The maximum atomic E-state index is 5.75. The van der Waals surface area contributed by atoms with E-state index >= 15 is 0 Å². The summed E-state index contributed by atoms with van der Waals surface area (Å²) >= 11 is 3.50. The molecule has 0 aliphatic carbocycles. The third-order valence-electron chi connectivity index (χ3n) is 3.24. The molecule has 3 nitrogen and oxygen atoms in total. The van der Waals surface area contributed by atoms with Crippen molar-refractivity contribution in [3.8, 4) is 11.5 Å². The van der Waals surface area contributed by atoms with Crippen LogP contribution in [0, 0.1) is 0 Å². The lowest BCUT2D eigenvalue weighted by molar-refractivity contribution is 0.184. The molecule has 0 aliphatic rings. The molecule has 0 bridgehead atoms. The fourth-order valence-corrected chi connectivity index (χ4v) is 2.58. The van der Waals surface area contributed by atoms with Gasteiger partial charge in [-0.15, -0.1) is 0 Å². The smallest absolute Gasteiger partial charge is 0.119 e. The standard InChI is InChI=1S/C18H22BrNO2/c19-11-12-20(13-15-21-17-7-3-1-4-8-17)14-16-22-18-9-5-2-6-10-18/h1-10H,11-16H2. The molecule has 0 saturated heterocycles. The normalized spacial score (nSPS) is 10.6. The summed E-state index contributed by atoms with van der Waals surface area (Å²) in [4.78, 5) is 2.33. The van der Waals surface area contributed by atoms with Gasteiger partial charge in [-0.1, -0.05) is 52.3 Å². The van der Waals surface area contributed by atoms with E-state index in [1.54, 1.807) is 0 Å². The molecule has 2 aromatic rings. The van der Waals surface area contributed by atoms with Crippen LogP contribution in [0.4, 0.5) is 0 Å². The summed E-state index contributed by atoms with van der Waals surface area (Å²) in [7, 11) is 0. The van der Waals surface area contributed by atoms with E-state index in [1.807, 2.05) is 60.7 Å².